The number of aromatic nitrogens is 3. The van der Waals surface area contributed by atoms with Crippen molar-refractivity contribution in [3.05, 3.63) is 47.3 Å². The average molecular weight is 396 g/mol. The lowest BCUT2D eigenvalue weighted by Gasteiger charge is -2.47. The Labute approximate surface area is 171 Å². The zero-order valence-electron chi connectivity index (χ0n) is 17.5. The van der Waals surface area contributed by atoms with Gasteiger partial charge in [0.2, 0.25) is 5.91 Å². The molecule has 2 aromatic heterocycles. The second kappa shape index (κ2) is 7.61. The number of hydrogen-bond donors (Lipinski definition) is 0. The number of nitrogens with zero attached hydrogens (tertiary/aromatic N) is 5. The first-order valence-electron chi connectivity index (χ1n) is 10.3. The molecule has 0 unspecified atom stereocenters. The van der Waals surface area contributed by atoms with E-state index in [9.17, 15) is 9.59 Å². The summed E-state index contributed by atoms with van der Waals surface area (Å²) >= 11 is 0. The van der Waals surface area contributed by atoms with E-state index in [0.717, 1.165) is 61.5 Å². The number of hydrogen-bond acceptors (Lipinski definition) is 4. The molecule has 0 atom stereocenters. The molecule has 7 heteroatoms. The first-order valence-corrected chi connectivity index (χ1v) is 10.3. The van der Waals surface area contributed by atoms with Crippen LogP contribution in [-0.2, 0) is 18.4 Å². The molecule has 0 aliphatic carbocycles. The number of amides is 2. The summed E-state index contributed by atoms with van der Waals surface area (Å²) < 4.78 is 1.98. The summed E-state index contributed by atoms with van der Waals surface area (Å²) in [5, 5.41) is 0. The molecule has 4 heterocycles. The van der Waals surface area contributed by atoms with E-state index in [2.05, 4.69) is 9.97 Å². The van der Waals surface area contributed by atoms with Gasteiger partial charge in [0.05, 0.1) is 29.7 Å². The molecular weight excluding hydrogens is 366 g/mol. The third-order valence-corrected chi connectivity index (χ3v) is 6.66. The third kappa shape index (κ3) is 3.91. The number of aryl methyl sites for hydroxylation is 2. The zero-order valence-corrected chi connectivity index (χ0v) is 17.5. The van der Waals surface area contributed by atoms with Crippen molar-refractivity contribution in [2.24, 2.45) is 12.5 Å². The molecule has 0 radical (unpaired) electrons. The van der Waals surface area contributed by atoms with E-state index in [1.807, 2.05) is 47.5 Å². The molecule has 2 fully saturated rings. The fraction of sp³-hybridized carbons (Fsp3) is 0.545. The highest BCUT2D eigenvalue weighted by molar-refractivity contribution is 5.95. The van der Waals surface area contributed by atoms with E-state index in [-0.39, 0.29) is 17.2 Å². The van der Waals surface area contributed by atoms with Gasteiger partial charge >= 0.3 is 0 Å². The van der Waals surface area contributed by atoms with Crippen molar-refractivity contribution in [3.8, 4) is 0 Å². The molecule has 2 aliphatic rings. The highest BCUT2D eigenvalue weighted by atomic mass is 16.2. The molecule has 4 rings (SSSR count). The molecule has 2 saturated heterocycles. The molecule has 0 bridgehead atoms. The fourth-order valence-corrected chi connectivity index (χ4v) is 4.54. The van der Waals surface area contributed by atoms with Crippen molar-refractivity contribution in [3.63, 3.8) is 0 Å². The first-order chi connectivity index (χ1) is 13.9. The van der Waals surface area contributed by atoms with Crippen LogP contribution in [0.25, 0.3) is 0 Å². The van der Waals surface area contributed by atoms with Crippen molar-refractivity contribution < 1.29 is 9.59 Å². The largest absolute Gasteiger partial charge is 0.354 e. The van der Waals surface area contributed by atoms with E-state index in [1.165, 1.54) is 0 Å². The van der Waals surface area contributed by atoms with E-state index in [0.29, 0.717) is 13.0 Å². The van der Waals surface area contributed by atoms with Crippen LogP contribution in [0, 0.1) is 19.3 Å². The van der Waals surface area contributed by atoms with Gasteiger partial charge in [0.25, 0.3) is 5.91 Å². The molecule has 1 spiro atoms. The predicted octanol–water partition coefficient (Wildman–Crippen LogP) is 2.48. The maximum absolute atomic E-state index is 12.9. The van der Waals surface area contributed by atoms with Crippen molar-refractivity contribution in [2.45, 2.75) is 46.1 Å². The Kier molecular flexibility index (Phi) is 5.15. The first kappa shape index (κ1) is 19.6. The van der Waals surface area contributed by atoms with Gasteiger partial charge in [-0.15, -0.1) is 0 Å². The summed E-state index contributed by atoms with van der Waals surface area (Å²) in [7, 11) is 1.96. The van der Waals surface area contributed by atoms with Crippen LogP contribution in [0.2, 0.25) is 0 Å². The van der Waals surface area contributed by atoms with Crippen LogP contribution >= 0.6 is 0 Å². The highest BCUT2D eigenvalue weighted by Gasteiger charge is 2.42. The zero-order chi connectivity index (χ0) is 20.6. The van der Waals surface area contributed by atoms with Gasteiger partial charge in [0.15, 0.2) is 0 Å². The van der Waals surface area contributed by atoms with E-state index >= 15 is 0 Å². The maximum atomic E-state index is 12.9. The van der Waals surface area contributed by atoms with Crippen LogP contribution in [0.4, 0.5) is 0 Å². The second-order valence-electron chi connectivity index (χ2n) is 8.62. The monoisotopic (exact) mass is 395 g/mol. The lowest BCUT2D eigenvalue weighted by Crippen LogP contribution is -2.52. The Morgan fingerprint density at radius 2 is 1.90 bits per heavy atom. The number of rotatable bonds is 3. The summed E-state index contributed by atoms with van der Waals surface area (Å²) in [5.41, 5.74) is 3.61. The number of carbonyl (C=O) groups excluding carboxylic acids is 2. The topological polar surface area (TPSA) is 71.3 Å². The number of piperidine rings is 2. The molecular formula is C22H29N5O2. The Hall–Kier alpha value is -2.70. The molecule has 0 aromatic carbocycles. The van der Waals surface area contributed by atoms with Crippen LogP contribution in [0.5, 0.6) is 0 Å². The molecule has 29 heavy (non-hydrogen) atoms. The van der Waals surface area contributed by atoms with Gasteiger partial charge in [0, 0.05) is 51.2 Å². The fourth-order valence-electron chi connectivity index (χ4n) is 4.54. The van der Waals surface area contributed by atoms with Gasteiger partial charge in [-0.3, -0.25) is 19.6 Å². The van der Waals surface area contributed by atoms with E-state index < -0.39 is 0 Å². The van der Waals surface area contributed by atoms with Gasteiger partial charge in [-0.1, -0.05) is 0 Å². The van der Waals surface area contributed by atoms with Crippen LogP contribution in [0.3, 0.4) is 0 Å². The highest BCUT2D eigenvalue weighted by Crippen LogP contribution is 2.40. The summed E-state index contributed by atoms with van der Waals surface area (Å²) in [6, 6.07) is 1.91. The molecule has 2 amide bonds. The Morgan fingerprint density at radius 3 is 2.52 bits per heavy atom. The average Bonchev–Trinajstić information content (AvgIpc) is 3.05. The SMILES string of the molecule is Cc1cnc(CN2CC3(CCC2=O)CCN(C(=O)c2ccn(C)c2C)CC3)cn1. The second-order valence-corrected chi connectivity index (χ2v) is 8.62. The quantitative estimate of drug-likeness (QED) is 0.800. The summed E-state index contributed by atoms with van der Waals surface area (Å²) in [6.07, 6.45) is 8.80. The molecule has 2 aromatic rings. The Bertz CT molecular complexity index is 910. The van der Waals surface area contributed by atoms with E-state index in [1.54, 1.807) is 12.4 Å². The predicted molar refractivity (Wildman–Crippen MR) is 109 cm³/mol. The molecule has 154 valence electrons. The summed E-state index contributed by atoms with van der Waals surface area (Å²) in [6.45, 7) is 6.65. The van der Waals surface area contributed by atoms with Gasteiger partial charge in [-0.2, -0.15) is 0 Å². The molecule has 0 N–H and O–H groups in total. The van der Waals surface area contributed by atoms with Crippen LogP contribution in [0.15, 0.2) is 24.7 Å². The van der Waals surface area contributed by atoms with Crippen molar-refractivity contribution >= 4 is 11.8 Å². The van der Waals surface area contributed by atoms with Crippen LogP contribution < -0.4 is 0 Å². The van der Waals surface area contributed by atoms with Crippen molar-refractivity contribution in [1.82, 2.24) is 24.3 Å². The minimum atomic E-state index is 0.106. The number of carbonyl (C=O) groups is 2. The van der Waals surface area contributed by atoms with Crippen LogP contribution in [0.1, 0.15) is 53.1 Å². The van der Waals surface area contributed by atoms with Gasteiger partial charge < -0.3 is 14.4 Å². The summed E-state index contributed by atoms with van der Waals surface area (Å²) in [4.78, 5) is 38.0. The van der Waals surface area contributed by atoms with Crippen molar-refractivity contribution in [2.75, 3.05) is 19.6 Å². The molecule has 7 nitrogen and oxygen atoms in total. The minimum absolute atomic E-state index is 0.106. The van der Waals surface area contributed by atoms with E-state index in [4.69, 9.17) is 0 Å². The number of likely N-dealkylation sites (tertiary alicyclic amines) is 2. The van der Waals surface area contributed by atoms with Crippen LogP contribution in [-0.4, -0.2) is 55.8 Å². The standard InChI is InChI=1S/C22H29N5O2/c1-16-12-24-18(13-23-16)14-27-15-22(6-4-20(27)28)7-10-26(11-8-22)21(29)19-5-9-25(3)17(19)2/h5,9,12-13H,4,6-8,10-11,14-15H2,1-3H3. The lowest BCUT2D eigenvalue weighted by molar-refractivity contribution is -0.139. The maximum Gasteiger partial charge on any atom is 0.255 e. The molecule has 2 aliphatic heterocycles. The minimum Gasteiger partial charge on any atom is -0.354 e. The van der Waals surface area contributed by atoms with Gasteiger partial charge in [0.1, 0.15) is 0 Å². The molecule has 0 saturated carbocycles. The third-order valence-electron chi connectivity index (χ3n) is 6.66. The normalized spacial score (nSPS) is 19.1. The smallest absolute Gasteiger partial charge is 0.255 e. The summed E-state index contributed by atoms with van der Waals surface area (Å²) in [5.74, 6) is 0.313. The van der Waals surface area contributed by atoms with Gasteiger partial charge in [-0.05, 0) is 44.6 Å². The lowest BCUT2D eigenvalue weighted by atomic mass is 9.72. The van der Waals surface area contributed by atoms with Gasteiger partial charge in [-0.25, -0.2) is 0 Å². The Morgan fingerprint density at radius 1 is 1.14 bits per heavy atom. The Balaban J connectivity index is 1.40. The van der Waals surface area contributed by atoms with Crippen molar-refractivity contribution in [1.29, 1.82) is 0 Å².